The summed E-state index contributed by atoms with van der Waals surface area (Å²) in [5.41, 5.74) is 0. The predicted octanol–water partition coefficient (Wildman–Crippen LogP) is 1.35. The fourth-order valence-corrected chi connectivity index (χ4v) is 0.531. The summed E-state index contributed by atoms with van der Waals surface area (Å²) >= 11 is 7.90. The second kappa shape index (κ2) is 9.04. The second-order valence-electron chi connectivity index (χ2n) is 1.46. The van der Waals surface area contributed by atoms with Crippen LogP contribution in [0.2, 0.25) is 0 Å². The van der Waals surface area contributed by atoms with Crippen LogP contribution in [0, 0.1) is 0 Å². The van der Waals surface area contributed by atoms with Gasteiger partial charge in [-0.3, -0.25) is 0 Å². The summed E-state index contributed by atoms with van der Waals surface area (Å²) in [6, 6.07) is 0. The number of hydrogen-bond donors (Lipinski definition) is 2. The molecule has 0 bridgehead atoms. The average molecular weight is 180 g/mol. The minimum absolute atomic E-state index is 0.615. The van der Waals surface area contributed by atoms with Crippen molar-refractivity contribution in [3.05, 3.63) is 12.5 Å². The molecule has 10 heavy (non-hydrogen) atoms. The summed E-state index contributed by atoms with van der Waals surface area (Å²) < 4.78 is 9.84. The first kappa shape index (κ1) is 10.0. The van der Waals surface area contributed by atoms with Crippen LogP contribution < -0.4 is 0 Å². The highest BCUT2D eigenvalue weighted by atomic mass is 32.1. The molecule has 0 unspecified atom stereocenters. The smallest absolute Gasteiger partial charge is 0.117 e. The molecule has 0 aliphatic rings. The van der Waals surface area contributed by atoms with Gasteiger partial charge in [0.25, 0.3) is 0 Å². The van der Waals surface area contributed by atoms with E-state index >= 15 is 0 Å². The van der Waals surface area contributed by atoms with Crippen LogP contribution in [0.1, 0.15) is 0 Å². The molecule has 0 spiro atoms. The Hall–Kier alpha value is 0.0400. The highest BCUT2D eigenvalue weighted by molar-refractivity contribution is 7.80. The molecular formula is C6H12O2S2. The third kappa shape index (κ3) is 8.04. The predicted molar refractivity (Wildman–Crippen MR) is 48.8 cm³/mol. The Morgan fingerprint density at radius 2 is 1.30 bits per heavy atom. The van der Waals surface area contributed by atoms with E-state index in [1.165, 1.54) is 12.5 Å². The fraction of sp³-hybridized carbons (Fsp3) is 0.667. The van der Waals surface area contributed by atoms with Gasteiger partial charge in [0.05, 0.1) is 13.2 Å². The average Bonchev–Trinajstić information content (AvgIpc) is 1.97. The molecule has 0 aromatic carbocycles. The molecule has 0 N–H and O–H groups in total. The zero-order chi connectivity index (χ0) is 7.66. The Labute approximate surface area is 72.4 Å². The highest BCUT2D eigenvalue weighted by Crippen LogP contribution is 1.83. The normalized spacial score (nSPS) is 10.2. The van der Waals surface area contributed by atoms with Crippen molar-refractivity contribution in [2.24, 2.45) is 0 Å². The zero-order valence-corrected chi connectivity index (χ0v) is 7.48. The summed E-state index contributed by atoms with van der Waals surface area (Å²) in [6.07, 6.45) is 3.03. The van der Waals surface area contributed by atoms with E-state index in [9.17, 15) is 0 Å². The van der Waals surface area contributed by atoms with E-state index in [-0.39, 0.29) is 0 Å². The quantitative estimate of drug-likeness (QED) is 0.365. The third-order valence-electron chi connectivity index (χ3n) is 0.666. The molecule has 0 radical (unpaired) electrons. The van der Waals surface area contributed by atoms with Gasteiger partial charge in [-0.2, -0.15) is 25.3 Å². The number of rotatable bonds is 6. The monoisotopic (exact) mass is 180 g/mol. The summed E-state index contributed by atoms with van der Waals surface area (Å²) in [6.45, 7) is 1.23. The molecule has 0 aliphatic carbocycles. The summed E-state index contributed by atoms with van der Waals surface area (Å²) in [4.78, 5) is 0. The van der Waals surface area contributed by atoms with E-state index in [2.05, 4.69) is 25.3 Å². The van der Waals surface area contributed by atoms with Crippen molar-refractivity contribution in [1.29, 1.82) is 0 Å². The van der Waals surface area contributed by atoms with Gasteiger partial charge in [0, 0.05) is 11.5 Å². The molecule has 0 aromatic rings. The van der Waals surface area contributed by atoms with Gasteiger partial charge in [-0.15, -0.1) is 0 Å². The van der Waals surface area contributed by atoms with Crippen molar-refractivity contribution < 1.29 is 9.47 Å². The lowest BCUT2D eigenvalue weighted by atomic mass is 10.8. The van der Waals surface area contributed by atoms with Gasteiger partial charge in [0.15, 0.2) is 0 Å². The molecule has 0 atom stereocenters. The number of hydrogen-bond acceptors (Lipinski definition) is 4. The lowest BCUT2D eigenvalue weighted by Gasteiger charge is -1.96. The number of ether oxygens (including phenoxy) is 2. The van der Waals surface area contributed by atoms with Crippen LogP contribution >= 0.6 is 25.3 Å². The van der Waals surface area contributed by atoms with Crippen molar-refractivity contribution in [1.82, 2.24) is 0 Å². The van der Waals surface area contributed by atoms with Crippen LogP contribution in [0.25, 0.3) is 0 Å². The Bertz CT molecular complexity index is 75.8. The summed E-state index contributed by atoms with van der Waals surface area (Å²) in [7, 11) is 0. The van der Waals surface area contributed by atoms with Crippen molar-refractivity contribution >= 4 is 25.3 Å². The topological polar surface area (TPSA) is 18.5 Å². The molecule has 0 amide bonds. The number of thiol groups is 2. The highest BCUT2D eigenvalue weighted by Gasteiger charge is 1.77. The van der Waals surface area contributed by atoms with Crippen LogP contribution in [0.15, 0.2) is 12.5 Å². The van der Waals surface area contributed by atoms with Crippen LogP contribution in [0.5, 0.6) is 0 Å². The van der Waals surface area contributed by atoms with Crippen LogP contribution in [0.3, 0.4) is 0 Å². The molecule has 2 nitrogen and oxygen atoms in total. The van der Waals surface area contributed by atoms with Crippen LogP contribution in [0.4, 0.5) is 0 Å². The standard InChI is InChI=1S/C6H12O2S2/c9-5-3-7-1-2-8-4-6-10/h1-2,9-10H,3-6H2. The molecule has 0 fully saturated rings. The SMILES string of the molecule is SCCOC=COCCS. The molecule has 0 aromatic heterocycles. The zero-order valence-electron chi connectivity index (χ0n) is 5.69. The summed E-state index contributed by atoms with van der Waals surface area (Å²) in [5.74, 6) is 1.44. The van der Waals surface area contributed by atoms with Gasteiger partial charge in [-0.05, 0) is 0 Å². The van der Waals surface area contributed by atoms with Gasteiger partial charge in [-0.1, -0.05) is 0 Å². The van der Waals surface area contributed by atoms with E-state index in [1.54, 1.807) is 0 Å². The van der Waals surface area contributed by atoms with Crippen molar-refractivity contribution in [3.63, 3.8) is 0 Å². The van der Waals surface area contributed by atoms with E-state index in [4.69, 9.17) is 9.47 Å². The van der Waals surface area contributed by atoms with E-state index in [1.807, 2.05) is 0 Å². The lowest BCUT2D eigenvalue weighted by molar-refractivity contribution is 0.224. The Balaban J connectivity index is 2.89. The van der Waals surface area contributed by atoms with Crippen LogP contribution in [-0.4, -0.2) is 24.7 Å². The van der Waals surface area contributed by atoms with Gasteiger partial charge < -0.3 is 9.47 Å². The molecule has 0 heterocycles. The van der Waals surface area contributed by atoms with Gasteiger partial charge in [0.1, 0.15) is 12.5 Å². The fourth-order valence-electron chi connectivity index (χ4n) is 0.320. The van der Waals surface area contributed by atoms with Crippen molar-refractivity contribution in [2.75, 3.05) is 24.7 Å². The molecule has 0 saturated carbocycles. The minimum atomic E-state index is 0.615. The first-order valence-electron chi connectivity index (χ1n) is 3.01. The maximum absolute atomic E-state index is 4.92. The second-order valence-corrected chi connectivity index (χ2v) is 2.36. The molecular weight excluding hydrogens is 168 g/mol. The van der Waals surface area contributed by atoms with Gasteiger partial charge in [-0.25, -0.2) is 0 Å². The van der Waals surface area contributed by atoms with Crippen molar-refractivity contribution in [3.8, 4) is 0 Å². The van der Waals surface area contributed by atoms with Gasteiger partial charge >= 0.3 is 0 Å². The maximum atomic E-state index is 4.92. The van der Waals surface area contributed by atoms with E-state index < -0.39 is 0 Å². The molecule has 60 valence electrons. The minimum Gasteiger partial charge on any atom is -0.497 e. The maximum Gasteiger partial charge on any atom is 0.117 e. The molecule has 0 aliphatic heterocycles. The van der Waals surface area contributed by atoms with E-state index in [0.29, 0.717) is 13.2 Å². The first-order chi connectivity index (χ1) is 4.91. The van der Waals surface area contributed by atoms with Gasteiger partial charge in [0.2, 0.25) is 0 Å². The molecule has 4 heteroatoms. The lowest BCUT2D eigenvalue weighted by Crippen LogP contribution is -1.90. The first-order valence-corrected chi connectivity index (χ1v) is 4.28. The molecule has 0 rings (SSSR count). The Kier molecular flexibility index (Phi) is 9.08. The van der Waals surface area contributed by atoms with Crippen LogP contribution in [-0.2, 0) is 9.47 Å². The molecule has 0 saturated heterocycles. The Morgan fingerprint density at radius 1 is 0.900 bits per heavy atom. The van der Waals surface area contributed by atoms with E-state index in [0.717, 1.165) is 11.5 Å². The van der Waals surface area contributed by atoms with Crippen molar-refractivity contribution in [2.45, 2.75) is 0 Å². The Morgan fingerprint density at radius 3 is 1.60 bits per heavy atom. The third-order valence-corrected chi connectivity index (χ3v) is 1.03. The summed E-state index contributed by atoms with van der Waals surface area (Å²) in [5, 5.41) is 0. The largest absolute Gasteiger partial charge is 0.497 e.